The molecule has 9 heteroatoms. The second-order valence-electron chi connectivity index (χ2n) is 4.12. The van der Waals surface area contributed by atoms with Crippen LogP contribution in [-0.4, -0.2) is 42.3 Å². The second kappa shape index (κ2) is 9.78. The summed E-state index contributed by atoms with van der Waals surface area (Å²) >= 11 is 17.3. The molecule has 0 aliphatic heterocycles. The SMILES string of the molecule is COc1ccc(NNP(=O)(CCl)N(CCCl)CCCl)cc1. The summed E-state index contributed by atoms with van der Waals surface area (Å²) in [4.78, 5) is 0. The summed E-state index contributed by atoms with van der Waals surface area (Å²) in [5.41, 5.74) is 3.60. The highest BCUT2D eigenvalue weighted by Crippen LogP contribution is 2.45. The van der Waals surface area contributed by atoms with E-state index in [4.69, 9.17) is 39.5 Å². The fourth-order valence-corrected chi connectivity index (χ4v) is 4.41. The van der Waals surface area contributed by atoms with Gasteiger partial charge in [0.05, 0.1) is 7.11 Å². The highest BCUT2D eigenvalue weighted by Gasteiger charge is 2.28. The molecule has 1 rings (SSSR count). The summed E-state index contributed by atoms with van der Waals surface area (Å²) in [7, 11) is -1.39. The Morgan fingerprint density at radius 2 is 1.71 bits per heavy atom. The van der Waals surface area contributed by atoms with Crippen molar-refractivity contribution in [3.8, 4) is 5.75 Å². The van der Waals surface area contributed by atoms with Gasteiger partial charge in [-0.05, 0) is 24.3 Å². The van der Waals surface area contributed by atoms with Crippen molar-refractivity contribution in [2.45, 2.75) is 0 Å². The van der Waals surface area contributed by atoms with Crippen molar-refractivity contribution in [3.63, 3.8) is 0 Å². The Morgan fingerprint density at radius 1 is 1.14 bits per heavy atom. The van der Waals surface area contributed by atoms with Crippen LogP contribution >= 0.6 is 42.2 Å². The highest BCUT2D eigenvalue weighted by molar-refractivity contribution is 7.61. The first kappa shape index (κ1) is 18.9. The van der Waals surface area contributed by atoms with E-state index >= 15 is 0 Å². The van der Waals surface area contributed by atoms with Crippen molar-refractivity contribution < 1.29 is 9.30 Å². The number of alkyl halides is 3. The molecule has 1 aromatic rings. The largest absolute Gasteiger partial charge is 0.497 e. The fraction of sp³-hybridized carbons (Fsp3) is 0.500. The zero-order valence-corrected chi connectivity index (χ0v) is 14.9. The van der Waals surface area contributed by atoms with Crippen molar-refractivity contribution >= 4 is 47.9 Å². The molecule has 0 radical (unpaired) electrons. The van der Waals surface area contributed by atoms with E-state index in [1.807, 2.05) is 0 Å². The van der Waals surface area contributed by atoms with Gasteiger partial charge in [0.1, 0.15) is 11.4 Å². The van der Waals surface area contributed by atoms with Crippen LogP contribution in [0.5, 0.6) is 5.75 Å². The number of nitrogens with one attached hydrogen (secondary N) is 2. The van der Waals surface area contributed by atoms with Gasteiger partial charge in [0.25, 0.3) is 0 Å². The lowest BCUT2D eigenvalue weighted by atomic mass is 10.3. The number of ether oxygens (including phenoxy) is 1. The lowest BCUT2D eigenvalue weighted by Gasteiger charge is -2.30. The first-order valence-corrected chi connectivity index (χ1v) is 9.74. The van der Waals surface area contributed by atoms with Gasteiger partial charge < -0.3 is 10.2 Å². The van der Waals surface area contributed by atoms with Gasteiger partial charge in [-0.2, -0.15) is 5.20 Å². The number of methoxy groups -OCH3 is 1. The molecule has 1 aromatic carbocycles. The second-order valence-corrected chi connectivity index (χ2v) is 8.02. The third-order valence-corrected chi connectivity index (χ3v) is 6.18. The lowest BCUT2D eigenvalue weighted by molar-refractivity contribution is 0.415. The molecule has 0 saturated heterocycles. The number of rotatable bonds is 10. The van der Waals surface area contributed by atoms with E-state index in [9.17, 15) is 4.57 Å². The maximum atomic E-state index is 12.8. The molecule has 0 fully saturated rings. The van der Waals surface area contributed by atoms with Gasteiger partial charge in [0.2, 0.25) is 7.44 Å². The number of halogens is 3. The van der Waals surface area contributed by atoms with Gasteiger partial charge >= 0.3 is 0 Å². The summed E-state index contributed by atoms with van der Waals surface area (Å²) < 4.78 is 19.6. The fourth-order valence-electron chi connectivity index (χ4n) is 1.63. The predicted octanol–water partition coefficient (Wildman–Crippen LogP) is 3.78. The number of hydrazine groups is 1. The summed E-state index contributed by atoms with van der Waals surface area (Å²) in [6.07, 6.45) is 0. The minimum atomic E-state index is -2.99. The maximum absolute atomic E-state index is 12.8. The standard InChI is InChI=1S/C12H19Cl3N3O2P/c1-20-12-4-2-11(3-5-12)16-17-21(19,10-15)18(8-6-13)9-7-14/h2-5,16H,6-10H2,1H3,(H,17,19). The van der Waals surface area contributed by atoms with Gasteiger partial charge in [0.15, 0.2) is 0 Å². The van der Waals surface area contributed by atoms with Crippen LogP contribution in [-0.2, 0) is 4.57 Å². The molecule has 0 bridgehead atoms. The number of benzene rings is 1. The molecule has 21 heavy (non-hydrogen) atoms. The van der Waals surface area contributed by atoms with Crippen LogP contribution in [0.2, 0.25) is 0 Å². The molecule has 1 unspecified atom stereocenters. The van der Waals surface area contributed by atoms with E-state index in [1.54, 1.807) is 36.0 Å². The zero-order chi connectivity index (χ0) is 15.7. The van der Waals surface area contributed by atoms with Crippen LogP contribution in [0.25, 0.3) is 0 Å². The van der Waals surface area contributed by atoms with Crippen LogP contribution in [0.15, 0.2) is 24.3 Å². The Bertz CT molecular complexity index is 456. The smallest absolute Gasteiger partial charge is 0.245 e. The van der Waals surface area contributed by atoms with Crippen LogP contribution in [0.3, 0.4) is 0 Å². The van der Waals surface area contributed by atoms with Crippen molar-refractivity contribution in [2.24, 2.45) is 0 Å². The summed E-state index contributed by atoms with van der Waals surface area (Å²) in [5, 5.41) is 2.81. The van der Waals surface area contributed by atoms with Crippen LogP contribution in [0.1, 0.15) is 0 Å². The minimum Gasteiger partial charge on any atom is -0.497 e. The van der Waals surface area contributed by atoms with Gasteiger partial charge in [0, 0.05) is 30.5 Å². The molecule has 120 valence electrons. The minimum absolute atomic E-state index is 0.0517. The van der Waals surface area contributed by atoms with Crippen molar-refractivity contribution in [2.75, 3.05) is 43.0 Å². The number of anilines is 1. The molecule has 1 atom stereocenters. The van der Waals surface area contributed by atoms with Crippen molar-refractivity contribution in [1.82, 2.24) is 9.87 Å². The molecular formula is C12H19Cl3N3O2P. The van der Waals surface area contributed by atoms with Crippen LogP contribution in [0, 0.1) is 0 Å². The third kappa shape index (κ3) is 5.85. The van der Waals surface area contributed by atoms with E-state index in [0.29, 0.717) is 24.8 Å². The molecule has 0 saturated carbocycles. The zero-order valence-electron chi connectivity index (χ0n) is 11.7. The number of hydrogen-bond acceptors (Lipinski definition) is 3. The third-order valence-electron chi connectivity index (χ3n) is 2.77. The first-order chi connectivity index (χ1) is 10.1. The van der Waals surface area contributed by atoms with Crippen LogP contribution in [0.4, 0.5) is 5.69 Å². The Labute approximate surface area is 140 Å². The number of nitrogens with zero attached hydrogens (tertiary/aromatic N) is 1. The quantitative estimate of drug-likeness (QED) is 0.371. The molecule has 0 amide bonds. The Morgan fingerprint density at radius 3 is 2.14 bits per heavy atom. The highest BCUT2D eigenvalue weighted by atomic mass is 35.5. The van der Waals surface area contributed by atoms with E-state index in [0.717, 1.165) is 11.4 Å². The van der Waals surface area contributed by atoms with E-state index in [-0.39, 0.29) is 5.62 Å². The average Bonchev–Trinajstić information content (AvgIpc) is 2.53. The van der Waals surface area contributed by atoms with Gasteiger partial charge in [-0.15, -0.1) is 34.8 Å². The lowest BCUT2D eigenvalue weighted by Crippen LogP contribution is -2.34. The van der Waals surface area contributed by atoms with Crippen molar-refractivity contribution in [1.29, 1.82) is 0 Å². The maximum Gasteiger partial charge on any atom is 0.245 e. The summed E-state index contributed by atoms with van der Waals surface area (Å²) in [6, 6.07) is 7.20. The normalized spacial score (nSPS) is 14.0. The molecule has 0 aliphatic rings. The topological polar surface area (TPSA) is 53.6 Å². The average molecular weight is 375 g/mol. The molecule has 2 N–H and O–H groups in total. The monoisotopic (exact) mass is 373 g/mol. The predicted molar refractivity (Wildman–Crippen MR) is 91.1 cm³/mol. The van der Waals surface area contributed by atoms with E-state index in [1.165, 1.54) is 0 Å². The molecule has 0 aromatic heterocycles. The molecule has 0 aliphatic carbocycles. The summed E-state index contributed by atoms with van der Waals surface area (Å²) in [5.74, 6) is 1.44. The Balaban J connectivity index is 2.71. The van der Waals surface area contributed by atoms with E-state index < -0.39 is 7.44 Å². The Hall–Kier alpha value is -0.160. The first-order valence-electron chi connectivity index (χ1n) is 6.29. The van der Waals surface area contributed by atoms with Gasteiger partial charge in [-0.1, -0.05) is 0 Å². The molecule has 0 heterocycles. The van der Waals surface area contributed by atoms with Crippen LogP contribution < -0.4 is 15.4 Å². The molecule has 0 spiro atoms. The molecule has 5 nitrogen and oxygen atoms in total. The molecular weight excluding hydrogens is 355 g/mol. The van der Waals surface area contributed by atoms with Crippen molar-refractivity contribution in [3.05, 3.63) is 24.3 Å². The number of hydrogen-bond donors (Lipinski definition) is 2. The van der Waals surface area contributed by atoms with E-state index in [2.05, 4.69) is 10.6 Å². The van der Waals surface area contributed by atoms with Gasteiger partial charge in [-0.25, -0.2) is 4.67 Å². The Kier molecular flexibility index (Phi) is 8.79. The van der Waals surface area contributed by atoms with Gasteiger partial charge in [-0.3, -0.25) is 4.57 Å². The summed E-state index contributed by atoms with van der Waals surface area (Å²) in [6.45, 7) is 0.880.